The van der Waals surface area contributed by atoms with Crippen molar-refractivity contribution in [2.45, 2.75) is 0 Å². The summed E-state index contributed by atoms with van der Waals surface area (Å²) in [4.78, 5) is 7.72. The Kier molecular flexibility index (Phi) is 9.67. The highest BCUT2D eigenvalue weighted by Gasteiger charge is 2.45. The van der Waals surface area contributed by atoms with Crippen molar-refractivity contribution >= 4 is 117 Å². The average molecular weight is 940 g/mol. The van der Waals surface area contributed by atoms with Crippen LogP contribution in [0.2, 0.25) is 0 Å². The van der Waals surface area contributed by atoms with Gasteiger partial charge in [-0.05, 0) is 109 Å². The van der Waals surface area contributed by atoms with Gasteiger partial charge in [-0.15, -0.1) is 0 Å². The quantitative estimate of drug-likeness (QED) is 0.147. The zero-order chi connectivity index (χ0) is 48.7. The van der Waals surface area contributed by atoms with Crippen LogP contribution in [0, 0.1) is 0 Å². The summed E-state index contributed by atoms with van der Waals surface area (Å²) in [6.45, 7) is -0.0954. The summed E-state index contributed by atoms with van der Waals surface area (Å²) in [5.74, 6) is 0. The van der Waals surface area contributed by atoms with Gasteiger partial charge < -0.3 is 14.7 Å². The maximum Gasteiger partial charge on any atom is 0.252 e. The van der Waals surface area contributed by atoms with Gasteiger partial charge in [0, 0.05) is 55.7 Å². The Hall–Kier alpha value is -9.64. The van der Waals surface area contributed by atoms with Gasteiger partial charge >= 0.3 is 0 Å². The zero-order valence-corrected chi connectivity index (χ0v) is 40.5. The number of nitrogens with zero attached hydrogens (tertiary/aromatic N) is 3. The molecule has 13 aromatic rings. The molecule has 0 aliphatic carbocycles. The van der Waals surface area contributed by atoms with E-state index in [1.165, 1.54) is 82.0 Å². The molecule has 0 atom stereocenters. The number of hydrogen-bond acceptors (Lipinski definition) is 3. The summed E-state index contributed by atoms with van der Waals surface area (Å²) in [7, 11) is 0. The van der Waals surface area contributed by atoms with Gasteiger partial charge in [0.2, 0.25) is 0 Å². The second-order valence-corrected chi connectivity index (χ2v) is 19.6. The van der Waals surface area contributed by atoms with E-state index in [9.17, 15) is 0 Å². The van der Waals surface area contributed by atoms with Gasteiger partial charge in [-0.3, -0.25) is 0 Å². The molecule has 2 aliphatic rings. The van der Waals surface area contributed by atoms with Crippen molar-refractivity contribution in [3.05, 3.63) is 279 Å². The maximum absolute atomic E-state index is 2.62. The fraction of sp³-hybridized carbons (Fsp3) is 0. The van der Waals surface area contributed by atoms with Crippen LogP contribution < -0.4 is 31.1 Å². The molecule has 0 aromatic heterocycles. The third kappa shape index (κ3) is 6.62. The van der Waals surface area contributed by atoms with Crippen molar-refractivity contribution in [1.29, 1.82) is 0 Å². The number of rotatable bonds is 7. The van der Waals surface area contributed by atoms with Crippen molar-refractivity contribution in [3.8, 4) is 22.3 Å². The zero-order valence-electron chi connectivity index (χ0n) is 40.5. The lowest BCUT2D eigenvalue weighted by Gasteiger charge is -2.46. The summed E-state index contributed by atoms with van der Waals surface area (Å²) >= 11 is 0. The number of fused-ring (bicyclic) bond motifs is 10. The summed E-state index contributed by atoms with van der Waals surface area (Å²) in [5.41, 5.74) is 18.7. The third-order valence-corrected chi connectivity index (χ3v) is 15.5. The van der Waals surface area contributed by atoms with E-state index in [-0.39, 0.29) is 6.71 Å². The van der Waals surface area contributed by atoms with Crippen LogP contribution in [-0.2, 0) is 0 Å². The summed E-state index contributed by atoms with van der Waals surface area (Å²) in [5, 5.41) is 9.65. The Bertz CT molecular complexity index is 4070. The van der Waals surface area contributed by atoms with Crippen molar-refractivity contribution in [2.24, 2.45) is 0 Å². The standard InChI is InChI=1S/C70H46BN3/c1-3-19-47(20-4-1)53-29-15-31-55(43-53)72(56-32-16-30-54(44-56)48-21-5-2-6-22-48)57-45-66-68-67(46-57)74(65-38-18-28-50-24-8-12-34-59(50)65)70-61-36-14-10-26-52(61)40-42-63(70)71(68)62-41-39-51-25-9-13-35-60(51)69(62)73(66)64-37-17-27-49-23-7-11-33-58(49)64/h1-46H. The Morgan fingerprint density at radius 3 is 1.08 bits per heavy atom. The van der Waals surface area contributed by atoms with Gasteiger partial charge in [0.1, 0.15) is 0 Å². The van der Waals surface area contributed by atoms with Crippen molar-refractivity contribution in [3.63, 3.8) is 0 Å². The van der Waals surface area contributed by atoms with Crippen molar-refractivity contribution < 1.29 is 0 Å². The Morgan fingerprint density at radius 2 is 0.622 bits per heavy atom. The smallest absolute Gasteiger partial charge is 0.252 e. The summed E-state index contributed by atoms with van der Waals surface area (Å²) in [6, 6.07) is 103. The number of benzene rings is 13. The monoisotopic (exact) mass is 939 g/mol. The molecule has 4 heteroatoms. The molecule has 0 unspecified atom stereocenters. The number of hydrogen-bond donors (Lipinski definition) is 0. The minimum absolute atomic E-state index is 0.0954. The minimum Gasteiger partial charge on any atom is -0.310 e. The highest BCUT2D eigenvalue weighted by molar-refractivity contribution is 7.01. The lowest BCUT2D eigenvalue weighted by Crippen LogP contribution is -2.61. The summed E-state index contributed by atoms with van der Waals surface area (Å²) in [6.07, 6.45) is 0. The lowest BCUT2D eigenvalue weighted by molar-refractivity contribution is 1.24. The largest absolute Gasteiger partial charge is 0.310 e. The topological polar surface area (TPSA) is 9.72 Å². The SMILES string of the molecule is c1ccc(-c2cccc(N(c3cccc(-c4ccccc4)c3)c3cc4c5c(c3)N(c3cccc6ccccc36)c3c(ccc6ccccc36)B5c3ccc5ccccc5c3N4c3cccc4ccccc34)c2)cc1. The molecule has 0 amide bonds. The average Bonchev–Trinajstić information content (AvgIpc) is 3.48. The molecule has 344 valence electrons. The first-order valence-electron chi connectivity index (χ1n) is 25.6. The highest BCUT2D eigenvalue weighted by Crippen LogP contribution is 2.52. The first-order chi connectivity index (χ1) is 36.7. The fourth-order valence-corrected chi connectivity index (χ4v) is 12.3. The molecule has 0 spiro atoms. The van der Waals surface area contributed by atoms with E-state index in [4.69, 9.17) is 0 Å². The Morgan fingerprint density at radius 1 is 0.257 bits per heavy atom. The molecule has 0 saturated carbocycles. The number of anilines is 9. The van der Waals surface area contributed by atoms with E-state index in [0.717, 1.165) is 50.9 Å². The fourth-order valence-electron chi connectivity index (χ4n) is 12.3. The summed E-state index contributed by atoms with van der Waals surface area (Å²) < 4.78 is 0. The van der Waals surface area contributed by atoms with Crippen LogP contribution in [0.3, 0.4) is 0 Å². The maximum atomic E-state index is 2.62. The van der Waals surface area contributed by atoms with Crippen molar-refractivity contribution in [1.82, 2.24) is 0 Å². The first kappa shape index (κ1) is 42.1. The molecule has 0 N–H and O–H groups in total. The molecule has 13 aromatic carbocycles. The van der Waals surface area contributed by atoms with Crippen LogP contribution in [0.15, 0.2) is 279 Å². The van der Waals surface area contributed by atoms with E-state index >= 15 is 0 Å². The van der Waals surface area contributed by atoms with Crippen LogP contribution in [0.5, 0.6) is 0 Å². The molecule has 15 rings (SSSR count). The molecule has 3 nitrogen and oxygen atoms in total. The molecule has 0 radical (unpaired) electrons. The van der Waals surface area contributed by atoms with Gasteiger partial charge in [0.05, 0.1) is 17.1 Å². The minimum atomic E-state index is -0.0954. The predicted molar refractivity (Wildman–Crippen MR) is 316 cm³/mol. The lowest BCUT2D eigenvalue weighted by atomic mass is 9.33. The third-order valence-electron chi connectivity index (χ3n) is 15.5. The van der Waals surface area contributed by atoms with Gasteiger partial charge in [0.25, 0.3) is 6.71 Å². The van der Waals surface area contributed by atoms with E-state index in [1.807, 2.05) is 0 Å². The van der Waals surface area contributed by atoms with Crippen LogP contribution in [0.25, 0.3) is 65.3 Å². The first-order valence-corrected chi connectivity index (χ1v) is 25.6. The molecule has 0 saturated heterocycles. The molecule has 74 heavy (non-hydrogen) atoms. The van der Waals surface area contributed by atoms with E-state index in [0.29, 0.717) is 0 Å². The predicted octanol–water partition coefficient (Wildman–Crippen LogP) is 17.2. The van der Waals surface area contributed by atoms with Gasteiger partial charge in [-0.1, -0.05) is 231 Å². The normalized spacial score (nSPS) is 12.5. The van der Waals surface area contributed by atoms with E-state index < -0.39 is 0 Å². The van der Waals surface area contributed by atoms with Gasteiger partial charge in [-0.25, -0.2) is 0 Å². The molecule has 0 fully saturated rings. The second-order valence-electron chi connectivity index (χ2n) is 19.6. The van der Waals surface area contributed by atoms with E-state index in [2.05, 4.69) is 294 Å². The van der Waals surface area contributed by atoms with Gasteiger partial charge in [-0.2, -0.15) is 0 Å². The van der Waals surface area contributed by atoms with Crippen LogP contribution >= 0.6 is 0 Å². The van der Waals surface area contributed by atoms with Crippen molar-refractivity contribution in [2.75, 3.05) is 14.7 Å². The highest BCUT2D eigenvalue weighted by atomic mass is 15.2. The molecule has 2 aliphatic heterocycles. The molecule has 0 bridgehead atoms. The van der Waals surface area contributed by atoms with Crippen LogP contribution in [-0.4, -0.2) is 6.71 Å². The molecule has 2 heterocycles. The second kappa shape index (κ2) is 17.0. The van der Waals surface area contributed by atoms with Crippen LogP contribution in [0.4, 0.5) is 51.2 Å². The van der Waals surface area contributed by atoms with E-state index in [1.54, 1.807) is 0 Å². The molecular formula is C70H46BN3. The Balaban J connectivity index is 1.12. The van der Waals surface area contributed by atoms with Crippen LogP contribution in [0.1, 0.15) is 0 Å². The molecular weight excluding hydrogens is 894 g/mol. The Labute approximate surface area is 431 Å². The van der Waals surface area contributed by atoms with Gasteiger partial charge in [0.15, 0.2) is 0 Å².